The normalized spacial score (nSPS) is 27.6. The Morgan fingerprint density at radius 2 is 2.06 bits per heavy atom. The topological polar surface area (TPSA) is 29.1 Å². The summed E-state index contributed by atoms with van der Waals surface area (Å²) in [6.07, 6.45) is 3.30. The first-order valence-corrected chi connectivity index (χ1v) is 7.16. The number of rotatable bonds is 5. The lowest BCUT2D eigenvalue weighted by Crippen LogP contribution is -2.32. The van der Waals surface area contributed by atoms with E-state index in [1.807, 2.05) is 18.2 Å². The SMILES string of the molecule is O=C(NCC1(CCl)CC1)C1CC1c1ccccc1. The molecular formula is C15H18ClNO. The molecule has 2 aliphatic rings. The maximum Gasteiger partial charge on any atom is 0.223 e. The van der Waals surface area contributed by atoms with Crippen molar-refractivity contribution < 1.29 is 4.79 Å². The summed E-state index contributed by atoms with van der Waals surface area (Å²) in [5, 5.41) is 3.07. The monoisotopic (exact) mass is 263 g/mol. The standard InChI is InChI=1S/C15H18ClNO/c16-9-15(6-7-15)10-17-14(18)13-8-12(13)11-4-2-1-3-5-11/h1-5,12-13H,6-10H2,(H,17,18). The molecule has 1 aromatic rings. The van der Waals surface area contributed by atoms with Gasteiger partial charge in [-0.15, -0.1) is 11.6 Å². The molecule has 1 N–H and O–H groups in total. The number of hydrogen-bond donors (Lipinski definition) is 1. The molecule has 0 saturated heterocycles. The van der Waals surface area contributed by atoms with Crippen molar-refractivity contribution in [3.63, 3.8) is 0 Å². The fraction of sp³-hybridized carbons (Fsp3) is 0.533. The summed E-state index contributed by atoms with van der Waals surface area (Å²) in [6.45, 7) is 0.757. The third-order valence-corrected chi connectivity index (χ3v) is 4.80. The second-order valence-corrected chi connectivity index (χ2v) is 5.98. The average molecular weight is 264 g/mol. The van der Waals surface area contributed by atoms with Crippen molar-refractivity contribution in [2.45, 2.75) is 25.2 Å². The minimum absolute atomic E-state index is 0.179. The van der Waals surface area contributed by atoms with Crippen LogP contribution in [-0.2, 0) is 4.79 Å². The van der Waals surface area contributed by atoms with Gasteiger partial charge in [-0.3, -0.25) is 4.79 Å². The number of nitrogens with one attached hydrogen (secondary N) is 1. The van der Waals surface area contributed by atoms with Crippen LogP contribution in [0.1, 0.15) is 30.7 Å². The van der Waals surface area contributed by atoms with Crippen molar-refractivity contribution >= 4 is 17.5 Å². The number of hydrogen-bond acceptors (Lipinski definition) is 1. The predicted octanol–water partition coefficient (Wildman–Crippen LogP) is 2.93. The van der Waals surface area contributed by atoms with E-state index in [2.05, 4.69) is 17.4 Å². The van der Waals surface area contributed by atoms with Crippen LogP contribution in [0, 0.1) is 11.3 Å². The number of alkyl halides is 1. The highest BCUT2D eigenvalue weighted by molar-refractivity contribution is 6.18. The molecule has 0 spiro atoms. The molecule has 0 aromatic heterocycles. The Morgan fingerprint density at radius 1 is 1.33 bits per heavy atom. The molecule has 1 amide bonds. The zero-order chi connectivity index (χ0) is 12.6. The van der Waals surface area contributed by atoms with Gasteiger partial charge in [-0.25, -0.2) is 0 Å². The molecule has 0 radical (unpaired) electrons. The molecule has 96 valence electrons. The minimum atomic E-state index is 0.179. The third-order valence-electron chi connectivity index (χ3n) is 4.23. The van der Waals surface area contributed by atoms with E-state index in [1.54, 1.807) is 0 Å². The molecule has 3 heteroatoms. The van der Waals surface area contributed by atoms with Crippen molar-refractivity contribution in [1.29, 1.82) is 0 Å². The fourth-order valence-electron chi connectivity index (χ4n) is 2.49. The Morgan fingerprint density at radius 3 is 2.67 bits per heavy atom. The number of benzene rings is 1. The molecule has 2 unspecified atom stereocenters. The molecule has 1 aromatic carbocycles. The molecule has 3 rings (SSSR count). The smallest absolute Gasteiger partial charge is 0.223 e. The Hall–Kier alpha value is -1.02. The molecule has 2 atom stereocenters. The molecular weight excluding hydrogens is 246 g/mol. The van der Waals surface area contributed by atoms with Crippen LogP contribution in [0.25, 0.3) is 0 Å². The van der Waals surface area contributed by atoms with Gasteiger partial charge in [-0.1, -0.05) is 30.3 Å². The van der Waals surface area contributed by atoms with Crippen molar-refractivity contribution in [2.24, 2.45) is 11.3 Å². The molecule has 2 fully saturated rings. The van der Waals surface area contributed by atoms with Crippen LogP contribution in [0.5, 0.6) is 0 Å². The first kappa shape index (κ1) is 12.0. The molecule has 2 aliphatic carbocycles. The summed E-state index contributed by atoms with van der Waals surface area (Å²) in [4.78, 5) is 12.0. The lowest BCUT2D eigenvalue weighted by molar-refractivity contribution is -0.122. The van der Waals surface area contributed by atoms with Gasteiger partial charge in [0.15, 0.2) is 0 Å². The summed E-state index contributed by atoms with van der Waals surface area (Å²) in [5.41, 5.74) is 1.50. The van der Waals surface area contributed by atoms with E-state index in [-0.39, 0.29) is 17.2 Å². The van der Waals surface area contributed by atoms with E-state index in [0.29, 0.717) is 11.8 Å². The van der Waals surface area contributed by atoms with E-state index in [4.69, 9.17) is 11.6 Å². The van der Waals surface area contributed by atoms with Crippen LogP contribution >= 0.6 is 11.6 Å². The molecule has 0 aliphatic heterocycles. The minimum Gasteiger partial charge on any atom is -0.355 e. The van der Waals surface area contributed by atoms with Gasteiger partial charge in [0, 0.05) is 23.8 Å². The van der Waals surface area contributed by atoms with Crippen molar-refractivity contribution in [1.82, 2.24) is 5.32 Å². The third kappa shape index (κ3) is 2.39. The van der Waals surface area contributed by atoms with Gasteiger partial charge in [-0.2, -0.15) is 0 Å². The molecule has 2 saturated carbocycles. The lowest BCUT2D eigenvalue weighted by Gasteiger charge is -2.12. The molecule has 0 heterocycles. The quantitative estimate of drug-likeness (QED) is 0.813. The maximum absolute atomic E-state index is 12.0. The van der Waals surface area contributed by atoms with Gasteiger partial charge in [-0.05, 0) is 30.7 Å². The second kappa shape index (κ2) is 4.58. The van der Waals surface area contributed by atoms with Crippen LogP contribution in [0.4, 0.5) is 0 Å². The summed E-state index contributed by atoms with van der Waals surface area (Å²) in [7, 11) is 0. The average Bonchev–Trinajstić information content (AvgIpc) is 3.31. The predicted molar refractivity (Wildman–Crippen MR) is 72.7 cm³/mol. The highest BCUT2D eigenvalue weighted by Gasteiger charge is 2.46. The maximum atomic E-state index is 12.0. The number of amides is 1. The van der Waals surface area contributed by atoms with Crippen LogP contribution in [0.2, 0.25) is 0 Å². The Bertz CT molecular complexity index is 441. The largest absolute Gasteiger partial charge is 0.355 e. The van der Waals surface area contributed by atoms with Gasteiger partial charge in [0.1, 0.15) is 0 Å². The summed E-state index contributed by atoms with van der Waals surface area (Å²) in [6, 6.07) is 10.3. The van der Waals surface area contributed by atoms with Crippen molar-refractivity contribution in [3.05, 3.63) is 35.9 Å². The lowest BCUT2D eigenvalue weighted by atomic mass is 10.1. The number of carbonyl (C=O) groups is 1. The number of halogens is 1. The van der Waals surface area contributed by atoms with Gasteiger partial charge in [0.2, 0.25) is 5.91 Å². The Labute approximate surface area is 113 Å². The summed E-state index contributed by atoms with van der Waals surface area (Å²) < 4.78 is 0. The van der Waals surface area contributed by atoms with Gasteiger partial charge in [0.25, 0.3) is 0 Å². The summed E-state index contributed by atoms with van der Waals surface area (Å²) >= 11 is 5.91. The van der Waals surface area contributed by atoms with E-state index < -0.39 is 0 Å². The van der Waals surface area contributed by atoms with E-state index >= 15 is 0 Å². The zero-order valence-electron chi connectivity index (χ0n) is 10.4. The van der Waals surface area contributed by atoms with Crippen LogP contribution < -0.4 is 5.32 Å². The first-order chi connectivity index (χ1) is 8.74. The van der Waals surface area contributed by atoms with E-state index in [1.165, 1.54) is 5.56 Å². The fourth-order valence-corrected chi connectivity index (χ4v) is 2.86. The Balaban J connectivity index is 1.51. The van der Waals surface area contributed by atoms with Crippen LogP contribution in [0.15, 0.2) is 30.3 Å². The highest BCUT2D eigenvalue weighted by atomic mass is 35.5. The second-order valence-electron chi connectivity index (χ2n) is 5.71. The van der Waals surface area contributed by atoms with Gasteiger partial charge >= 0.3 is 0 Å². The van der Waals surface area contributed by atoms with E-state index in [0.717, 1.165) is 25.8 Å². The van der Waals surface area contributed by atoms with Crippen molar-refractivity contribution in [3.8, 4) is 0 Å². The van der Waals surface area contributed by atoms with Crippen molar-refractivity contribution in [2.75, 3.05) is 12.4 Å². The number of carbonyl (C=O) groups excluding carboxylic acids is 1. The van der Waals surface area contributed by atoms with E-state index in [9.17, 15) is 4.79 Å². The Kier molecular flexibility index (Phi) is 3.06. The van der Waals surface area contributed by atoms with Crippen LogP contribution in [0.3, 0.4) is 0 Å². The molecule has 2 nitrogen and oxygen atoms in total. The highest BCUT2D eigenvalue weighted by Crippen LogP contribution is 2.49. The van der Waals surface area contributed by atoms with Crippen LogP contribution in [-0.4, -0.2) is 18.3 Å². The van der Waals surface area contributed by atoms with Gasteiger partial charge < -0.3 is 5.32 Å². The molecule has 0 bridgehead atoms. The van der Waals surface area contributed by atoms with Gasteiger partial charge in [0.05, 0.1) is 0 Å². The first-order valence-electron chi connectivity index (χ1n) is 6.63. The molecule has 18 heavy (non-hydrogen) atoms. The zero-order valence-corrected chi connectivity index (χ0v) is 11.1. The summed E-state index contributed by atoms with van der Waals surface area (Å²) in [5.74, 6) is 1.48.